The molecule has 0 saturated heterocycles. The van der Waals surface area contributed by atoms with Crippen molar-refractivity contribution in [3.8, 4) is 5.75 Å². The predicted octanol–water partition coefficient (Wildman–Crippen LogP) is 2.04. The average Bonchev–Trinajstić information content (AvgIpc) is 2.54. The van der Waals surface area contributed by atoms with Crippen molar-refractivity contribution in [2.75, 3.05) is 7.11 Å². The van der Waals surface area contributed by atoms with Crippen molar-refractivity contribution in [2.45, 2.75) is 6.92 Å². The number of methoxy groups -OCH3 is 1. The Labute approximate surface area is 129 Å². The second kappa shape index (κ2) is 6.03. The van der Waals surface area contributed by atoms with Crippen molar-refractivity contribution >= 4 is 34.5 Å². The van der Waals surface area contributed by atoms with Gasteiger partial charge >= 0.3 is 5.97 Å². The number of carboxylic acid groups (broad SMARTS) is 1. The lowest BCUT2D eigenvalue weighted by Crippen LogP contribution is -2.11. The van der Waals surface area contributed by atoms with E-state index in [0.29, 0.717) is 5.02 Å². The van der Waals surface area contributed by atoms with Gasteiger partial charge in [-0.2, -0.15) is 0 Å². The molecule has 0 atom stereocenters. The van der Waals surface area contributed by atoms with Crippen molar-refractivity contribution in [1.29, 1.82) is 0 Å². The lowest BCUT2D eigenvalue weighted by molar-refractivity contribution is -0.132. The summed E-state index contributed by atoms with van der Waals surface area (Å²) in [6.07, 6.45) is 1.12. The van der Waals surface area contributed by atoms with Crippen LogP contribution in [0.4, 0.5) is 0 Å². The van der Waals surface area contributed by atoms with Gasteiger partial charge in [0.2, 0.25) is 0 Å². The molecular weight excluding hydrogens is 310 g/mol. The standard InChI is InChI=1S/C15H12ClNO5/c1-7(15(20)21)5-10-12(18)9-4-3-8(16)6-11(9)17-14(19)13(10)22-2/h3-6H,1-2H3,(H,17,19)(H,20,21)/b7-5+. The number of ether oxygens (including phenoxy) is 1. The van der Waals surface area contributed by atoms with Gasteiger partial charge in [-0.25, -0.2) is 4.79 Å². The van der Waals surface area contributed by atoms with Gasteiger partial charge < -0.3 is 14.8 Å². The molecule has 6 nitrogen and oxygen atoms in total. The van der Waals surface area contributed by atoms with Crippen LogP contribution < -0.4 is 15.7 Å². The Hall–Kier alpha value is -2.60. The summed E-state index contributed by atoms with van der Waals surface area (Å²) in [5.74, 6) is -1.45. The van der Waals surface area contributed by atoms with E-state index >= 15 is 0 Å². The summed E-state index contributed by atoms with van der Waals surface area (Å²) in [6.45, 7) is 1.32. The van der Waals surface area contributed by atoms with E-state index < -0.39 is 17.0 Å². The molecule has 114 valence electrons. The van der Waals surface area contributed by atoms with E-state index in [-0.39, 0.29) is 27.8 Å². The molecule has 0 radical (unpaired) electrons. The minimum atomic E-state index is -1.20. The number of halogens is 1. The highest BCUT2D eigenvalue weighted by molar-refractivity contribution is 6.31. The molecule has 2 rings (SSSR count). The first-order valence-corrected chi connectivity index (χ1v) is 6.58. The van der Waals surface area contributed by atoms with Crippen LogP contribution in [0.2, 0.25) is 5.02 Å². The molecule has 0 aliphatic heterocycles. The van der Waals surface area contributed by atoms with Crippen molar-refractivity contribution in [3.05, 3.63) is 54.9 Å². The van der Waals surface area contributed by atoms with E-state index in [2.05, 4.69) is 4.98 Å². The average molecular weight is 322 g/mol. The number of rotatable bonds is 3. The van der Waals surface area contributed by atoms with Gasteiger partial charge in [-0.1, -0.05) is 11.6 Å². The summed E-state index contributed by atoms with van der Waals surface area (Å²) in [5.41, 5.74) is -1.15. The van der Waals surface area contributed by atoms with Crippen LogP contribution >= 0.6 is 11.6 Å². The smallest absolute Gasteiger partial charge is 0.331 e. The monoisotopic (exact) mass is 321 g/mol. The second-order valence-corrected chi connectivity index (χ2v) is 4.99. The molecule has 22 heavy (non-hydrogen) atoms. The number of carbonyl (C=O) groups is 1. The van der Waals surface area contributed by atoms with Gasteiger partial charge in [-0.3, -0.25) is 9.59 Å². The summed E-state index contributed by atoms with van der Waals surface area (Å²) in [5, 5.41) is 9.52. The van der Waals surface area contributed by atoms with Crippen LogP contribution in [0.5, 0.6) is 5.75 Å². The lowest BCUT2D eigenvalue weighted by atomic mass is 10.1. The van der Waals surface area contributed by atoms with Gasteiger partial charge in [0.05, 0.1) is 18.2 Å². The Kier molecular flexibility index (Phi) is 4.32. The van der Waals surface area contributed by atoms with Crippen LogP contribution in [0.1, 0.15) is 12.5 Å². The minimum absolute atomic E-state index is 0.0943. The number of benzene rings is 1. The molecule has 7 heteroatoms. The van der Waals surface area contributed by atoms with E-state index in [9.17, 15) is 14.4 Å². The highest BCUT2D eigenvalue weighted by Crippen LogP contribution is 2.18. The third-order valence-corrected chi connectivity index (χ3v) is 3.31. The topological polar surface area (TPSA) is 96.5 Å². The van der Waals surface area contributed by atoms with Crippen LogP contribution in [-0.4, -0.2) is 23.2 Å². The minimum Gasteiger partial charge on any atom is -0.491 e. The maximum atomic E-state index is 12.6. The summed E-state index contributed by atoms with van der Waals surface area (Å²) < 4.78 is 4.98. The number of H-pyrrole nitrogens is 1. The van der Waals surface area contributed by atoms with Crippen LogP contribution in [-0.2, 0) is 4.79 Å². The number of aromatic amines is 1. The zero-order valence-electron chi connectivity index (χ0n) is 11.8. The van der Waals surface area contributed by atoms with Crippen molar-refractivity contribution in [2.24, 2.45) is 0 Å². The Morgan fingerprint density at radius 1 is 1.36 bits per heavy atom. The van der Waals surface area contributed by atoms with Gasteiger partial charge in [-0.15, -0.1) is 0 Å². The van der Waals surface area contributed by atoms with Gasteiger partial charge in [0, 0.05) is 16.0 Å². The van der Waals surface area contributed by atoms with Gasteiger partial charge in [0.25, 0.3) is 5.56 Å². The largest absolute Gasteiger partial charge is 0.491 e. The number of aromatic nitrogens is 1. The Morgan fingerprint density at radius 2 is 2.05 bits per heavy atom. The molecule has 0 saturated carbocycles. The second-order valence-electron chi connectivity index (χ2n) is 4.55. The van der Waals surface area contributed by atoms with E-state index in [4.69, 9.17) is 21.4 Å². The normalized spacial score (nSPS) is 11.5. The molecule has 0 aliphatic rings. The fraction of sp³-hybridized carbons (Fsp3) is 0.133. The summed E-state index contributed by atoms with van der Waals surface area (Å²) in [6, 6.07) is 4.41. The SMILES string of the molecule is COc1c(/C=C(\C)C(=O)O)c(=O)c2ccc(Cl)cc2[nH]c1=O. The Morgan fingerprint density at radius 3 is 2.64 bits per heavy atom. The Balaban J connectivity index is 3.03. The zero-order chi connectivity index (χ0) is 16.4. The fourth-order valence-electron chi connectivity index (χ4n) is 1.98. The molecule has 1 aromatic heterocycles. The molecule has 0 amide bonds. The maximum Gasteiger partial charge on any atom is 0.331 e. The van der Waals surface area contributed by atoms with E-state index in [1.54, 1.807) is 0 Å². The molecule has 0 spiro atoms. The highest BCUT2D eigenvalue weighted by Gasteiger charge is 2.14. The summed E-state index contributed by atoms with van der Waals surface area (Å²) >= 11 is 5.86. The molecule has 1 heterocycles. The maximum absolute atomic E-state index is 12.6. The Bertz CT molecular complexity index is 914. The van der Waals surface area contributed by atoms with E-state index in [1.807, 2.05) is 0 Å². The highest BCUT2D eigenvalue weighted by atomic mass is 35.5. The van der Waals surface area contributed by atoms with E-state index in [0.717, 1.165) is 6.08 Å². The molecule has 2 N–H and O–H groups in total. The van der Waals surface area contributed by atoms with Gasteiger partial charge in [-0.05, 0) is 31.2 Å². The number of aliphatic carboxylic acids is 1. The molecule has 0 unspecified atom stereocenters. The van der Waals surface area contributed by atoms with Crippen molar-refractivity contribution in [1.82, 2.24) is 4.98 Å². The third-order valence-electron chi connectivity index (χ3n) is 3.07. The van der Waals surface area contributed by atoms with E-state index in [1.165, 1.54) is 32.2 Å². The molecule has 0 bridgehead atoms. The van der Waals surface area contributed by atoms with Crippen molar-refractivity contribution < 1.29 is 14.6 Å². The first-order chi connectivity index (χ1) is 10.3. The number of fused-ring (bicyclic) bond motifs is 1. The zero-order valence-corrected chi connectivity index (χ0v) is 12.5. The third kappa shape index (κ3) is 2.87. The van der Waals surface area contributed by atoms with Gasteiger partial charge in [0.1, 0.15) is 0 Å². The lowest BCUT2D eigenvalue weighted by Gasteiger charge is -1.99. The molecule has 2 aromatic rings. The van der Waals surface area contributed by atoms with Crippen LogP contribution in [0, 0.1) is 0 Å². The van der Waals surface area contributed by atoms with Gasteiger partial charge in [0.15, 0.2) is 11.2 Å². The predicted molar refractivity (Wildman–Crippen MR) is 83.7 cm³/mol. The summed E-state index contributed by atoms with van der Waals surface area (Å²) in [4.78, 5) is 38.3. The first kappa shape index (κ1) is 15.8. The van der Waals surface area contributed by atoms with Crippen LogP contribution in [0.25, 0.3) is 17.0 Å². The quantitative estimate of drug-likeness (QED) is 0.843. The number of nitrogens with one attached hydrogen (secondary N) is 1. The van der Waals surface area contributed by atoms with Crippen molar-refractivity contribution in [3.63, 3.8) is 0 Å². The van der Waals surface area contributed by atoms with Crippen LogP contribution in [0.15, 0.2) is 33.4 Å². The molecule has 0 aliphatic carbocycles. The summed E-state index contributed by atoms with van der Waals surface area (Å²) in [7, 11) is 1.23. The molecular formula is C15H12ClNO5. The molecule has 1 aromatic carbocycles. The first-order valence-electron chi connectivity index (χ1n) is 6.20. The fourth-order valence-corrected chi connectivity index (χ4v) is 2.15. The number of hydrogen-bond acceptors (Lipinski definition) is 4. The number of carboxylic acids is 1. The number of hydrogen-bond donors (Lipinski definition) is 2. The molecule has 0 fully saturated rings. The van der Waals surface area contributed by atoms with Crippen LogP contribution in [0.3, 0.4) is 0 Å².